The number of imide groups is 2. The van der Waals surface area contributed by atoms with Gasteiger partial charge in [-0.05, 0) is 49.1 Å². The summed E-state index contributed by atoms with van der Waals surface area (Å²) in [5.41, 5.74) is 1.82. The Morgan fingerprint density at radius 2 is 1.90 bits per heavy atom. The van der Waals surface area contributed by atoms with Crippen LogP contribution in [0.15, 0.2) is 18.2 Å². The number of nitrogens with one attached hydrogen (secondary N) is 3. The van der Waals surface area contributed by atoms with Gasteiger partial charge in [0.15, 0.2) is 0 Å². The van der Waals surface area contributed by atoms with E-state index in [0.717, 1.165) is 31.0 Å². The molecule has 5 rings (SSSR count). The standard InChI is InChI=1S/C21H24N4O4/c26-16-5-4-15(18(27)24-16)25-19(28)13-2-1-3-14(17(13)20(25)29)23-7-6-12-8-21(9-12)10-22-11-21/h1-3,12,15,22-23H,4-11H2,(H,24,26,27). The van der Waals surface area contributed by atoms with Gasteiger partial charge in [0.2, 0.25) is 11.8 Å². The minimum absolute atomic E-state index is 0.118. The van der Waals surface area contributed by atoms with E-state index in [0.29, 0.717) is 28.1 Å². The summed E-state index contributed by atoms with van der Waals surface area (Å²) in [6.45, 7) is 3.01. The van der Waals surface area contributed by atoms with Gasteiger partial charge in [0.05, 0.1) is 11.1 Å². The van der Waals surface area contributed by atoms with E-state index in [2.05, 4.69) is 16.0 Å². The highest BCUT2D eigenvalue weighted by molar-refractivity contribution is 6.25. The number of piperidine rings is 1. The fourth-order valence-electron chi connectivity index (χ4n) is 5.21. The van der Waals surface area contributed by atoms with Crippen LogP contribution in [0.1, 0.15) is 52.8 Å². The molecular formula is C21H24N4O4. The first-order valence-electron chi connectivity index (χ1n) is 10.3. The number of rotatable bonds is 5. The molecule has 8 heteroatoms. The molecule has 4 aliphatic rings. The number of fused-ring (bicyclic) bond motifs is 1. The zero-order chi connectivity index (χ0) is 20.2. The SMILES string of the molecule is O=C1CCC(N2C(=O)c3cccc(NCCC4CC5(CNC5)C4)c3C2=O)C(=O)N1. The number of hydrogen-bond acceptors (Lipinski definition) is 6. The van der Waals surface area contributed by atoms with Gasteiger partial charge in [0, 0.05) is 31.7 Å². The van der Waals surface area contributed by atoms with Crippen LogP contribution in [0.5, 0.6) is 0 Å². The molecular weight excluding hydrogens is 372 g/mol. The second-order valence-electron chi connectivity index (χ2n) is 8.77. The fraction of sp³-hybridized carbons (Fsp3) is 0.524. The number of nitrogens with zero attached hydrogens (tertiary/aromatic N) is 1. The molecule has 3 aliphatic heterocycles. The van der Waals surface area contributed by atoms with E-state index >= 15 is 0 Å². The van der Waals surface area contributed by atoms with E-state index in [1.165, 1.54) is 12.8 Å². The van der Waals surface area contributed by atoms with Crippen LogP contribution < -0.4 is 16.0 Å². The van der Waals surface area contributed by atoms with Gasteiger partial charge in [0.25, 0.3) is 11.8 Å². The maximum Gasteiger partial charge on any atom is 0.264 e. The van der Waals surface area contributed by atoms with Gasteiger partial charge in [0.1, 0.15) is 6.04 Å². The van der Waals surface area contributed by atoms with E-state index in [4.69, 9.17) is 0 Å². The average Bonchev–Trinajstić information content (AvgIpc) is 2.87. The van der Waals surface area contributed by atoms with Gasteiger partial charge in [-0.15, -0.1) is 0 Å². The highest BCUT2D eigenvalue weighted by Gasteiger charge is 2.48. The largest absolute Gasteiger partial charge is 0.384 e. The van der Waals surface area contributed by atoms with Gasteiger partial charge in [-0.25, -0.2) is 0 Å². The molecule has 1 aromatic rings. The summed E-state index contributed by atoms with van der Waals surface area (Å²) in [7, 11) is 0. The predicted molar refractivity (Wildman–Crippen MR) is 104 cm³/mol. The number of carbonyl (C=O) groups is 4. The third kappa shape index (κ3) is 2.93. The van der Waals surface area contributed by atoms with Gasteiger partial charge in [-0.3, -0.25) is 29.4 Å². The van der Waals surface area contributed by atoms with Crippen molar-refractivity contribution in [3.05, 3.63) is 29.3 Å². The zero-order valence-corrected chi connectivity index (χ0v) is 16.1. The van der Waals surface area contributed by atoms with Crippen molar-refractivity contribution in [2.75, 3.05) is 25.0 Å². The predicted octanol–water partition coefficient (Wildman–Crippen LogP) is 0.889. The molecule has 3 N–H and O–H groups in total. The van der Waals surface area contributed by atoms with Crippen LogP contribution in [0.25, 0.3) is 0 Å². The lowest BCUT2D eigenvalue weighted by Gasteiger charge is -2.54. The molecule has 8 nitrogen and oxygen atoms in total. The smallest absolute Gasteiger partial charge is 0.264 e. The third-order valence-electron chi connectivity index (χ3n) is 6.78. The first kappa shape index (κ1) is 18.3. The first-order valence-corrected chi connectivity index (χ1v) is 10.3. The van der Waals surface area contributed by atoms with Crippen LogP contribution in [-0.4, -0.2) is 54.2 Å². The number of hydrogen-bond donors (Lipinski definition) is 3. The highest BCUT2D eigenvalue weighted by Crippen LogP contribution is 2.49. The molecule has 152 valence electrons. The van der Waals surface area contributed by atoms with Crippen LogP contribution in [0, 0.1) is 11.3 Å². The Labute approximate surface area is 168 Å². The number of anilines is 1. The molecule has 1 aromatic carbocycles. The van der Waals surface area contributed by atoms with E-state index in [-0.39, 0.29) is 18.7 Å². The summed E-state index contributed by atoms with van der Waals surface area (Å²) < 4.78 is 0. The zero-order valence-electron chi connectivity index (χ0n) is 16.1. The second kappa shape index (κ2) is 6.66. The molecule has 1 aliphatic carbocycles. The third-order valence-corrected chi connectivity index (χ3v) is 6.78. The van der Waals surface area contributed by atoms with Crippen molar-refractivity contribution >= 4 is 29.3 Å². The molecule has 1 spiro atoms. The van der Waals surface area contributed by atoms with Gasteiger partial charge in [-0.1, -0.05) is 6.07 Å². The maximum atomic E-state index is 13.0. The van der Waals surface area contributed by atoms with Crippen molar-refractivity contribution in [2.24, 2.45) is 11.3 Å². The van der Waals surface area contributed by atoms with E-state index < -0.39 is 23.8 Å². The topological polar surface area (TPSA) is 108 Å². The lowest BCUT2D eigenvalue weighted by atomic mass is 9.58. The molecule has 0 aromatic heterocycles. The van der Waals surface area contributed by atoms with Crippen molar-refractivity contribution < 1.29 is 19.2 Å². The molecule has 29 heavy (non-hydrogen) atoms. The summed E-state index contributed by atoms with van der Waals surface area (Å²) in [5.74, 6) is -1.19. The van der Waals surface area contributed by atoms with Crippen LogP contribution in [0.3, 0.4) is 0 Å². The summed E-state index contributed by atoms with van der Waals surface area (Å²) in [5, 5.41) is 8.89. The Morgan fingerprint density at radius 1 is 1.10 bits per heavy atom. The van der Waals surface area contributed by atoms with Crippen molar-refractivity contribution in [2.45, 2.75) is 38.1 Å². The molecule has 4 amide bonds. The van der Waals surface area contributed by atoms with Crippen LogP contribution >= 0.6 is 0 Å². The van der Waals surface area contributed by atoms with Crippen LogP contribution in [0.4, 0.5) is 5.69 Å². The minimum atomic E-state index is -0.935. The summed E-state index contributed by atoms with van der Waals surface area (Å²) in [6.07, 6.45) is 3.83. The monoisotopic (exact) mass is 396 g/mol. The Morgan fingerprint density at radius 3 is 2.59 bits per heavy atom. The first-order chi connectivity index (χ1) is 14.0. The Hall–Kier alpha value is -2.74. The van der Waals surface area contributed by atoms with Gasteiger partial charge < -0.3 is 10.6 Å². The van der Waals surface area contributed by atoms with E-state index in [9.17, 15) is 19.2 Å². The van der Waals surface area contributed by atoms with Crippen molar-refractivity contribution in [3.8, 4) is 0 Å². The molecule has 0 radical (unpaired) electrons. The number of carbonyl (C=O) groups excluding carboxylic acids is 4. The second-order valence-corrected chi connectivity index (χ2v) is 8.77. The fourth-order valence-corrected chi connectivity index (χ4v) is 5.21. The van der Waals surface area contributed by atoms with Crippen molar-refractivity contribution in [3.63, 3.8) is 0 Å². The van der Waals surface area contributed by atoms with E-state index in [1.807, 2.05) is 0 Å². The van der Waals surface area contributed by atoms with Crippen molar-refractivity contribution in [1.29, 1.82) is 0 Å². The lowest BCUT2D eigenvalue weighted by molar-refractivity contribution is -0.136. The highest BCUT2D eigenvalue weighted by atomic mass is 16.2. The number of benzene rings is 1. The Balaban J connectivity index is 1.27. The molecule has 3 heterocycles. The van der Waals surface area contributed by atoms with Crippen LogP contribution in [0.2, 0.25) is 0 Å². The van der Waals surface area contributed by atoms with Crippen molar-refractivity contribution in [1.82, 2.24) is 15.5 Å². The molecule has 1 saturated carbocycles. The molecule has 1 unspecified atom stereocenters. The maximum absolute atomic E-state index is 13.0. The quantitative estimate of drug-likeness (QED) is 0.638. The summed E-state index contributed by atoms with van der Waals surface area (Å²) in [6, 6.07) is 4.23. The van der Waals surface area contributed by atoms with Gasteiger partial charge in [-0.2, -0.15) is 0 Å². The summed E-state index contributed by atoms with van der Waals surface area (Å²) >= 11 is 0. The number of amides is 4. The van der Waals surface area contributed by atoms with Crippen LogP contribution in [-0.2, 0) is 9.59 Å². The van der Waals surface area contributed by atoms with E-state index in [1.54, 1.807) is 18.2 Å². The Kier molecular flexibility index (Phi) is 4.20. The lowest BCUT2D eigenvalue weighted by Crippen LogP contribution is -2.60. The normalized spacial score (nSPS) is 25.5. The Bertz CT molecular complexity index is 915. The minimum Gasteiger partial charge on any atom is -0.384 e. The molecule has 0 bridgehead atoms. The average molecular weight is 396 g/mol. The summed E-state index contributed by atoms with van der Waals surface area (Å²) in [4.78, 5) is 50.5. The molecule has 1 atom stereocenters. The molecule has 3 fully saturated rings. The molecule has 2 saturated heterocycles. The van der Waals surface area contributed by atoms with Gasteiger partial charge >= 0.3 is 0 Å².